The SMILES string of the molecule is CN(C)c1cccc([N+]#N)c1.Cl.[Cl-].[Zn]. The second kappa shape index (κ2) is 9.21. The van der Waals surface area contributed by atoms with Crippen molar-refractivity contribution >= 4 is 23.8 Å². The van der Waals surface area contributed by atoms with Gasteiger partial charge in [-0.05, 0) is 6.07 Å². The van der Waals surface area contributed by atoms with Gasteiger partial charge in [-0.2, -0.15) is 0 Å². The molecule has 0 aromatic heterocycles. The molecule has 6 heteroatoms. The van der Waals surface area contributed by atoms with Crippen LogP contribution in [0.5, 0.6) is 0 Å². The Labute approximate surface area is 109 Å². The minimum atomic E-state index is 0. The van der Waals surface area contributed by atoms with Crippen molar-refractivity contribution in [3.8, 4) is 0 Å². The molecule has 0 N–H and O–H groups in total. The molecule has 0 bridgehead atoms. The Balaban J connectivity index is -0.000000403. The number of nitrogens with zero attached hydrogens (tertiary/aromatic N) is 3. The van der Waals surface area contributed by atoms with Crippen LogP contribution in [0.4, 0.5) is 11.4 Å². The smallest absolute Gasteiger partial charge is 0.387 e. The van der Waals surface area contributed by atoms with Gasteiger partial charge in [0.05, 0.1) is 6.07 Å². The van der Waals surface area contributed by atoms with Crippen LogP contribution in [-0.2, 0) is 19.5 Å². The van der Waals surface area contributed by atoms with Crippen LogP contribution >= 0.6 is 12.4 Å². The summed E-state index contributed by atoms with van der Waals surface area (Å²) in [5, 5.41) is 8.45. The van der Waals surface area contributed by atoms with E-state index in [9.17, 15) is 0 Å². The zero-order chi connectivity index (χ0) is 8.27. The molecule has 0 radical (unpaired) electrons. The van der Waals surface area contributed by atoms with E-state index in [0.29, 0.717) is 5.69 Å². The molecule has 0 saturated heterocycles. The van der Waals surface area contributed by atoms with E-state index in [1.165, 1.54) is 0 Å². The molecule has 0 aliphatic carbocycles. The van der Waals surface area contributed by atoms with Crippen molar-refractivity contribution in [2.75, 3.05) is 19.0 Å². The molecular formula is C8H11Cl2N3Zn. The Morgan fingerprint density at radius 1 is 1.29 bits per heavy atom. The van der Waals surface area contributed by atoms with Gasteiger partial charge in [0.1, 0.15) is 0 Å². The molecule has 1 rings (SSSR count). The van der Waals surface area contributed by atoms with Crippen molar-refractivity contribution < 1.29 is 31.9 Å². The molecule has 3 nitrogen and oxygen atoms in total. The number of halogens is 2. The zero-order valence-corrected chi connectivity index (χ0v) is 12.7. The summed E-state index contributed by atoms with van der Waals surface area (Å²) in [5.41, 5.74) is 1.61. The first-order valence-corrected chi connectivity index (χ1v) is 3.36. The molecule has 0 unspecified atom stereocenters. The van der Waals surface area contributed by atoms with E-state index >= 15 is 0 Å². The summed E-state index contributed by atoms with van der Waals surface area (Å²) < 4.78 is 0. The topological polar surface area (TPSA) is 31.4 Å². The van der Waals surface area contributed by atoms with Crippen molar-refractivity contribution in [1.82, 2.24) is 0 Å². The van der Waals surface area contributed by atoms with Gasteiger partial charge in [-0.15, -0.1) is 12.4 Å². The molecule has 0 atom stereocenters. The average Bonchev–Trinajstić information content (AvgIpc) is 2.05. The van der Waals surface area contributed by atoms with Gasteiger partial charge < -0.3 is 17.3 Å². The molecule has 1 aromatic carbocycles. The number of benzene rings is 1. The summed E-state index contributed by atoms with van der Waals surface area (Å²) in [6.45, 7) is 0. The van der Waals surface area contributed by atoms with Crippen LogP contribution < -0.4 is 17.3 Å². The number of rotatable bonds is 1. The predicted molar refractivity (Wildman–Crippen MR) is 52.8 cm³/mol. The molecule has 14 heavy (non-hydrogen) atoms. The van der Waals surface area contributed by atoms with Gasteiger partial charge in [0.15, 0.2) is 4.98 Å². The molecule has 0 aliphatic rings. The molecule has 74 valence electrons. The van der Waals surface area contributed by atoms with Crippen LogP contribution in [0.1, 0.15) is 0 Å². The van der Waals surface area contributed by atoms with Crippen molar-refractivity contribution in [2.24, 2.45) is 0 Å². The molecule has 0 saturated carbocycles. The average molecular weight is 285 g/mol. The van der Waals surface area contributed by atoms with E-state index in [1.54, 1.807) is 12.1 Å². The number of diazo groups is 1. The first kappa shape index (κ1) is 19.3. The van der Waals surface area contributed by atoms with Gasteiger partial charge in [0, 0.05) is 45.3 Å². The van der Waals surface area contributed by atoms with Crippen LogP contribution in [0.15, 0.2) is 24.3 Å². The van der Waals surface area contributed by atoms with Crippen molar-refractivity contribution in [3.63, 3.8) is 0 Å². The van der Waals surface area contributed by atoms with Crippen molar-refractivity contribution in [3.05, 3.63) is 29.2 Å². The maximum Gasteiger partial charge on any atom is 0.387 e. The first-order chi connectivity index (χ1) is 5.24. The van der Waals surface area contributed by atoms with E-state index < -0.39 is 0 Å². The Hall–Kier alpha value is -0.357. The van der Waals surface area contributed by atoms with E-state index in [1.807, 2.05) is 31.1 Å². The van der Waals surface area contributed by atoms with E-state index in [-0.39, 0.29) is 44.3 Å². The number of hydrogen-bond donors (Lipinski definition) is 0. The van der Waals surface area contributed by atoms with Crippen LogP contribution in [0.25, 0.3) is 4.98 Å². The molecule has 0 heterocycles. The summed E-state index contributed by atoms with van der Waals surface area (Å²) in [6, 6.07) is 7.35. The predicted octanol–water partition coefficient (Wildman–Crippen LogP) is -0.340. The van der Waals surface area contributed by atoms with Crippen molar-refractivity contribution in [1.29, 1.82) is 5.39 Å². The maximum absolute atomic E-state index is 8.45. The number of hydrogen-bond acceptors (Lipinski definition) is 2. The molecular weight excluding hydrogens is 274 g/mol. The Bertz CT molecular complexity index is 299. The van der Waals surface area contributed by atoms with Gasteiger partial charge in [0.25, 0.3) is 0 Å². The molecule has 1 aromatic rings. The van der Waals surface area contributed by atoms with Crippen LogP contribution in [0.3, 0.4) is 0 Å². The summed E-state index contributed by atoms with van der Waals surface area (Å²) in [4.78, 5) is 5.04. The fourth-order valence-electron chi connectivity index (χ4n) is 0.833. The fraction of sp³-hybridized carbons (Fsp3) is 0.250. The molecule has 0 fully saturated rings. The summed E-state index contributed by atoms with van der Waals surface area (Å²) in [5.74, 6) is 0. The second-order valence-corrected chi connectivity index (χ2v) is 2.51. The zero-order valence-electron chi connectivity index (χ0n) is 8.14. The van der Waals surface area contributed by atoms with Gasteiger partial charge >= 0.3 is 5.69 Å². The molecule has 0 aliphatic heterocycles. The van der Waals surface area contributed by atoms with E-state index in [2.05, 4.69) is 4.98 Å². The minimum absolute atomic E-state index is 0. The Morgan fingerprint density at radius 3 is 2.29 bits per heavy atom. The maximum atomic E-state index is 8.45. The quantitative estimate of drug-likeness (QED) is 0.522. The minimum Gasteiger partial charge on any atom is -1.00 e. The van der Waals surface area contributed by atoms with Gasteiger partial charge in [0.2, 0.25) is 5.39 Å². The first-order valence-electron chi connectivity index (χ1n) is 3.36. The summed E-state index contributed by atoms with van der Waals surface area (Å²) in [7, 11) is 3.88. The fourth-order valence-corrected chi connectivity index (χ4v) is 0.833. The largest absolute Gasteiger partial charge is 1.00 e. The number of anilines is 1. The van der Waals surface area contributed by atoms with Crippen LogP contribution in [0.2, 0.25) is 0 Å². The van der Waals surface area contributed by atoms with Crippen LogP contribution in [-0.4, -0.2) is 14.1 Å². The Kier molecular flexibility index (Phi) is 12.7. The third-order valence-corrected chi connectivity index (χ3v) is 1.46. The normalized spacial score (nSPS) is 6.93. The monoisotopic (exact) mass is 283 g/mol. The van der Waals surface area contributed by atoms with Gasteiger partial charge in [-0.1, -0.05) is 6.07 Å². The van der Waals surface area contributed by atoms with E-state index in [0.717, 1.165) is 5.69 Å². The third kappa shape index (κ3) is 5.39. The Morgan fingerprint density at radius 2 is 1.86 bits per heavy atom. The summed E-state index contributed by atoms with van der Waals surface area (Å²) in [6.07, 6.45) is 0. The van der Waals surface area contributed by atoms with Gasteiger partial charge in [-0.25, -0.2) is 0 Å². The summed E-state index contributed by atoms with van der Waals surface area (Å²) >= 11 is 0. The van der Waals surface area contributed by atoms with Crippen LogP contribution in [0, 0.1) is 5.39 Å². The van der Waals surface area contributed by atoms with E-state index in [4.69, 9.17) is 5.39 Å². The second-order valence-electron chi connectivity index (χ2n) is 2.51. The molecule has 0 amide bonds. The van der Waals surface area contributed by atoms with Crippen molar-refractivity contribution in [2.45, 2.75) is 0 Å². The van der Waals surface area contributed by atoms with Gasteiger partial charge in [-0.3, -0.25) is 0 Å². The molecule has 0 spiro atoms. The third-order valence-electron chi connectivity index (χ3n) is 1.46. The standard InChI is InChI=1S/C8H10N3.2ClH.Zn/c1-11(2)8-5-3-4-7(6-8)10-9;;;/h3-6H,1-2H3;2*1H;/q+1;;;/p-1.